The van der Waals surface area contributed by atoms with Gasteiger partial charge in [-0.1, -0.05) is 24.3 Å². The zero-order valence-electron chi connectivity index (χ0n) is 8.98. The van der Waals surface area contributed by atoms with Crippen molar-refractivity contribution in [3.8, 4) is 0 Å². The molecular weight excluding hydrogens is 207 g/mol. The van der Waals surface area contributed by atoms with Gasteiger partial charge in [0.2, 0.25) is 0 Å². The SMILES string of the molecule is CC=Cc1ccc(C2CC2C(=O)O)cc1F. The van der Waals surface area contributed by atoms with E-state index in [9.17, 15) is 9.18 Å². The molecule has 0 aromatic heterocycles. The summed E-state index contributed by atoms with van der Waals surface area (Å²) in [4.78, 5) is 10.7. The van der Waals surface area contributed by atoms with Crippen LogP contribution in [0, 0.1) is 11.7 Å². The second-order valence-electron chi connectivity index (χ2n) is 4.07. The maximum absolute atomic E-state index is 13.6. The van der Waals surface area contributed by atoms with Gasteiger partial charge in [-0.25, -0.2) is 4.39 Å². The first-order valence-electron chi connectivity index (χ1n) is 5.28. The molecule has 1 fully saturated rings. The van der Waals surface area contributed by atoms with Crippen LogP contribution < -0.4 is 0 Å². The van der Waals surface area contributed by atoms with Crippen LogP contribution in [0.1, 0.15) is 30.4 Å². The summed E-state index contributed by atoms with van der Waals surface area (Å²) in [5, 5.41) is 8.79. The van der Waals surface area contributed by atoms with Crippen molar-refractivity contribution in [3.05, 3.63) is 41.2 Å². The van der Waals surface area contributed by atoms with Gasteiger partial charge in [0.15, 0.2) is 0 Å². The van der Waals surface area contributed by atoms with E-state index in [1.807, 2.05) is 13.0 Å². The van der Waals surface area contributed by atoms with E-state index >= 15 is 0 Å². The molecule has 3 heteroatoms. The first-order valence-corrected chi connectivity index (χ1v) is 5.28. The highest BCUT2D eigenvalue weighted by atomic mass is 19.1. The number of carbonyl (C=O) groups is 1. The van der Waals surface area contributed by atoms with Gasteiger partial charge in [-0.05, 0) is 30.9 Å². The van der Waals surface area contributed by atoms with Crippen LogP contribution in [-0.2, 0) is 4.79 Å². The van der Waals surface area contributed by atoms with Gasteiger partial charge < -0.3 is 5.11 Å². The number of carboxylic acids is 1. The van der Waals surface area contributed by atoms with E-state index in [1.54, 1.807) is 18.2 Å². The molecule has 1 aromatic rings. The lowest BCUT2D eigenvalue weighted by molar-refractivity contribution is -0.138. The Labute approximate surface area is 93.4 Å². The van der Waals surface area contributed by atoms with Crippen LogP contribution in [0.3, 0.4) is 0 Å². The lowest BCUT2D eigenvalue weighted by atomic mass is 10.1. The summed E-state index contributed by atoms with van der Waals surface area (Å²) in [6.45, 7) is 1.83. The molecule has 0 radical (unpaired) electrons. The van der Waals surface area contributed by atoms with E-state index in [2.05, 4.69) is 0 Å². The minimum absolute atomic E-state index is 0.00773. The van der Waals surface area contributed by atoms with Crippen molar-refractivity contribution < 1.29 is 14.3 Å². The Morgan fingerprint density at radius 1 is 1.56 bits per heavy atom. The van der Waals surface area contributed by atoms with Crippen LogP contribution in [-0.4, -0.2) is 11.1 Å². The monoisotopic (exact) mass is 220 g/mol. The molecule has 1 N–H and O–H groups in total. The zero-order chi connectivity index (χ0) is 11.7. The normalized spacial score (nSPS) is 23.6. The topological polar surface area (TPSA) is 37.3 Å². The second-order valence-corrected chi connectivity index (χ2v) is 4.07. The Balaban J connectivity index is 2.20. The predicted molar refractivity (Wildman–Crippen MR) is 59.6 cm³/mol. The summed E-state index contributed by atoms with van der Waals surface area (Å²) >= 11 is 0. The van der Waals surface area contributed by atoms with Crippen molar-refractivity contribution in [1.82, 2.24) is 0 Å². The molecule has 0 spiro atoms. The second kappa shape index (κ2) is 4.08. The third kappa shape index (κ3) is 1.98. The first-order chi connectivity index (χ1) is 7.63. The third-order valence-corrected chi connectivity index (χ3v) is 2.91. The van der Waals surface area contributed by atoms with Crippen molar-refractivity contribution >= 4 is 12.0 Å². The Morgan fingerprint density at radius 3 is 2.81 bits per heavy atom. The smallest absolute Gasteiger partial charge is 0.307 e. The molecule has 1 aliphatic rings. The van der Waals surface area contributed by atoms with E-state index in [-0.39, 0.29) is 17.7 Å². The molecule has 0 saturated heterocycles. The number of aliphatic carboxylic acids is 1. The van der Waals surface area contributed by atoms with Crippen LogP contribution in [0.5, 0.6) is 0 Å². The molecular formula is C13H13FO2. The van der Waals surface area contributed by atoms with Crippen LogP contribution in [0.15, 0.2) is 24.3 Å². The molecule has 84 valence electrons. The van der Waals surface area contributed by atoms with Crippen LogP contribution >= 0.6 is 0 Å². The lowest BCUT2D eigenvalue weighted by Gasteiger charge is -2.02. The van der Waals surface area contributed by atoms with Gasteiger partial charge in [-0.15, -0.1) is 0 Å². The fraction of sp³-hybridized carbons (Fsp3) is 0.308. The summed E-state index contributed by atoms with van der Waals surface area (Å²) in [6, 6.07) is 4.96. The largest absolute Gasteiger partial charge is 0.481 e. The quantitative estimate of drug-likeness (QED) is 0.850. The molecule has 0 bridgehead atoms. The van der Waals surface area contributed by atoms with Crippen molar-refractivity contribution in [3.63, 3.8) is 0 Å². The molecule has 1 aromatic carbocycles. The fourth-order valence-corrected chi connectivity index (χ4v) is 1.93. The van der Waals surface area contributed by atoms with E-state index in [0.29, 0.717) is 12.0 Å². The fourth-order valence-electron chi connectivity index (χ4n) is 1.93. The van der Waals surface area contributed by atoms with Gasteiger partial charge in [0.25, 0.3) is 0 Å². The van der Waals surface area contributed by atoms with Gasteiger partial charge in [0, 0.05) is 5.56 Å². The Morgan fingerprint density at radius 2 is 2.31 bits per heavy atom. The van der Waals surface area contributed by atoms with Gasteiger partial charge in [0.05, 0.1) is 5.92 Å². The maximum Gasteiger partial charge on any atom is 0.307 e. The summed E-state index contributed by atoms with van der Waals surface area (Å²) in [7, 11) is 0. The molecule has 1 aliphatic carbocycles. The lowest BCUT2D eigenvalue weighted by Crippen LogP contribution is -1.99. The van der Waals surface area contributed by atoms with Gasteiger partial charge in [-0.2, -0.15) is 0 Å². The van der Waals surface area contributed by atoms with Crippen LogP contribution in [0.4, 0.5) is 4.39 Å². The Bertz CT molecular complexity index is 451. The van der Waals surface area contributed by atoms with Crippen molar-refractivity contribution in [2.75, 3.05) is 0 Å². The van der Waals surface area contributed by atoms with E-state index in [0.717, 1.165) is 5.56 Å². The van der Waals surface area contributed by atoms with Crippen LogP contribution in [0.25, 0.3) is 6.08 Å². The average molecular weight is 220 g/mol. The third-order valence-electron chi connectivity index (χ3n) is 2.91. The van der Waals surface area contributed by atoms with E-state index in [1.165, 1.54) is 6.07 Å². The molecule has 16 heavy (non-hydrogen) atoms. The molecule has 2 unspecified atom stereocenters. The number of hydrogen-bond donors (Lipinski definition) is 1. The highest BCUT2D eigenvalue weighted by molar-refractivity contribution is 5.75. The minimum Gasteiger partial charge on any atom is -0.481 e. The highest BCUT2D eigenvalue weighted by Gasteiger charge is 2.44. The first kappa shape index (κ1) is 10.9. The summed E-state index contributed by atoms with van der Waals surface area (Å²) < 4.78 is 13.6. The maximum atomic E-state index is 13.6. The summed E-state index contributed by atoms with van der Waals surface area (Å²) in [6.07, 6.45) is 4.09. The van der Waals surface area contributed by atoms with E-state index in [4.69, 9.17) is 5.11 Å². The molecule has 2 rings (SSSR count). The highest BCUT2D eigenvalue weighted by Crippen LogP contribution is 2.47. The minimum atomic E-state index is -0.789. The number of benzene rings is 1. The molecule has 2 nitrogen and oxygen atoms in total. The average Bonchev–Trinajstić information content (AvgIpc) is 3.01. The number of hydrogen-bond acceptors (Lipinski definition) is 1. The number of carboxylic acid groups (broad SMARTS) is 1. The van der Waals surface area contributed by atoms with Crippen molar-refractivity contribution in [2.24, 2.45) is 5.92 Å². The Kier molecular flexibility index (Phi) is 2.77. The number of halogens is 1. The van der Waals surface area contributed by atoms with Gasteiger partial charge >= 0.3 is 5.97 Å². The molecule has 0 aliphatic heterocycles. The standard InChI is InChI=1S/C13H13FO2/c1-2-3-8-4-5-9(6-12(8)14)10-7-11(10)13(15)16/h2-6,10-11H,7H2,1H3,(H,15,16). The zero-order valence-corrected chi connectivity index (χ0v) is 8.98. The summed E-state index contributed by atoms with van der Waals surface area (Å²) in [5.74, 6) is -1.41. The van der Waals surface area contributed by atoms with Gasteiger partial charge in [-0.3, -0.25) is 4.79 Å². The Hall–Kier alpha value is -1.64. The predicted octanol–water partition coefficient (Wildman–Crippen LogP) is 3.05. The molecule has 0 heterocycles. The summed E-state index contributed by atoms with van der Waals surface area (Å²) in [5.41, 5.74) is 1.33. The van der Waals surface area contributed by atoms with Crippen molar-refractivity contribution in [2.45, 2.75) is 19.3 Å². The molecule has 0 amide bonds. The number of allylic oxidation sites excluding steroid dienone is 1. The van der Waals surface area contributed by atoms with E-state index < -0.39 is 5.97 Å². The van der Waals surface area contributed by atoms with Gasteiger partial charge in [0.1, 0.15) is 5.82 Å². The van der Waals surface area contributed by atoms with Crippen LogP contribution in [0.2, 0.25) is 0 Å². The molecule has 2 atom stereocenters. The molecule has 1 saturated carbocycles. The number of rotatable bonds is 3. The van der Waals surface area contributed by atoms with Crippen molar-refractivity contribution in [1.29, 1.82) is 0 Å².